The van der Waals surface area contributed by atoms with E-state index < -0.39 is 0 Å². The first-order chi connectivity index (χ1) is 9.99. The van der Waals surface area contributed by atoms with Gasteiger partial charge in [0.25, 0.3) is 5.69 Å². The molecule has 0 aliphatic carbocycles. The highest BCUT2D eigenvalue weighted by molar-refractivity contribution is 6.21. The number of alkyl halides is 1. The predicted octanol–water partition coefficient (Wildman–Crippen LogP) is 4.32. The third-order valence-corrected chi connectivity index (χ3v) is 3.81. The van der Waals surface area contributed by atoms with Crippen LogP contribution in [-0.2, 0) is 0 Å². The van der Waals surface area contributed by atoms with Crippen LogP contribution in [0, 0.1) is 17.0 Å². The number of aryl methyl sites for hydroxylation is 1. The molecule has 21 heavy (non-hydrogen) atoms. The lowest BCUT2D eigenvalue weighted by Crippen LogP contribution is -2.21. The first-order valence-corrected chi connectivity index (χ1v) is 7.08. The van der Waals surface area contributed by atoms with Gasteiger partial charge in [0.05, 0.1) is 10.3 Å². The molecular formula is C16H17ClN2O2. The molecule has 0 fully saturated rings. The van der Waals surface area contributed by atoms with Crippen molar-refractivity contribution in [1.82, 2.24) is 0 Å². The van der Waals surface area contributed by atoms with Gasteiger partial charge in [0.15, 0.2) is 0 Å². The minimum absolute atomic E-state index is 0.112. The highest BCUT2D eigenvalue weighted by Crippen LogP contribution is 2.28. The Bertz CT molecular complexity index is 631. The summed E-state index contributed by atoms with van der Waals surface area (Å²) in [7, 11) is 1.95. The maximum absolute atomic E-state index is 11.0. The van der Waals surface area contributed by atoms with E-state index in [-0.39, 0.29) is 16.0 Å². The first-order valence-electron chi connectivity index (χ1n) is 6.64. The van der Waals surface area contributed by atoms with Gasteiger partial charge < -0.3 is 4.90 Å². The summed E-state index contributed by atoms with van der Waals surface area (Å²) >= 11 is 6.42. The largest absolute Gasteiger partial charge is 0.373 e. The molecule has 5 heteroatoms. The van der Waals surface area contributed by atoms with Crippen molar-refractivity contribution < 1.29 is 4.92 Å². The summed E-state index contributed by atoms with van der Waals surface area (Å²) in [4.78, 5) is 12.7. The average molecular weight is 305 g/mol. The molecule has 0 aliphatic rings. The molecule has 0 heterocycles. The maximum Gasteiger partial charge on any atom is 0.272 e. The number of hydrogen-bond donors (Lipinski definition) is 0. The molecular weight excluding hydrogens is 288 g/mol. The third-order valence-electron chi connectivity index (χ3n) is 3.42. The van der Waals surface area contributed by atoms with Crippen LogP contribution in [0.15, 0.2) is 48.5 Å². The molecule has 0 spiro atoms. The average Bonchev–Trinajstić information content (AvgIpc) is 2.48. The predicted molar refractivity (Wildman–Crippen MR) is 86.1 cm³/mol. The number of anilines is 1. The third kappa shape index (κ3) is 3.73. The van der Waals surface area contributed by atoms with Gasteiger partial charge in [-0.2, -0.15) is 0 Å². The smallest absolute Gasteiger partial charge is 0.272 e. The van der Waals surface area contributed by atoms with Crippen LogP contribution < -0.4 is 4.90 Å². The van der Waals surface area contributed by atoms with E-state index in [4.69, 9.17) is 11.6 Å². The molecule has 0 aromatic heterocycles. The zero-order chi connectivity index (χ0) is 15.4. The number of rotatable bonds is 5. The van der Waals surface area contributed by atoms with E-state index >= 15 is 0 Å². The van der Waals surface area contributed by atoms with Crippen molar-refractivity contribution in [2.45, 2.75) is 12.3 Å². The quantitative estimate of drug-likeness (QED) is 0.469. The number of likely N-dealkylation sites (N-methyl/N-ethyl adjacent to an activating group) is 1. The van der Waals surface area contributed by atoms with Crippen molar-refractivity contribution >= 4 is 23.0 Å². The molecule has 0 N–H and O–H groups in total. The molecule has 2 aromatic rings. The molecule has 110 valence electrons. The zero-order valence-electron chi connectivity index (χ0n) is 12.0. The number of para-hydroxylation sites is 1. The summed E-state index contributed by atoms with van der Waals surface area (Å²) in [6.07, 6.45) is 0. The van der Waals surface area contributed by atoms with Crippen molar-refractivity contribution in [3.8, 4) is 0 Å². The van der Waals surface area contributed by atoms with Crippen LogP contribution in [0.5, 0.6) is 0 Å². The van der Waals surface area contributed by atoms with Crippen molar-refractivity contribution in [1.29, 1.82) is 0 Å². The Hall–Kier alpha value is -2.07. The van der Waals surface area contributed by atoms with E-state index in [1.165, 1.54) is 0 Å². The molecule has 0 bridgehead atoms. The summed E-state index contributed by atoms with van der Waals surface area (Å²) < 4.78 is 0. The fraction of sp³-hybridized carbons (Fsp3) is 0.250. The Labute approximate surface area is 129 Å². The second kappa shape index (κ2) is 6.59. The summed E-state index contributed by atoms with van der Waals surface area (Å²) in [5.74, 6) is 0. The van der Waals surface area contributed by atoms with E-state index in [0.717, 1.165) is 11.3 Å². The van der Waals surface area contributed by atoms with Crippen LogP contribution in [-0.4, -0.2) is 18.5 Å². The lowest BCUT2D eigenvalue weighted by molar-refractivity contribution is -0.385. The molecule has 0 radical (unpaired) electrons. The lowest BCUT2D eigenvalue weighted by atomic mass is 10.1. The number of nitro groups is 1. The van der Waals surface area contributed by atoms with Crippen LogP contribution in [0.2, 0.25) is 0 Å². The Kier molecular flexibility index (Phi) is 4.81. The van der Waals surface area contributed by atoms with Crippen molar-refractivity contribution in [2.24, 2.45) is 0 Å². The standard InChI is InChI=1S/C16H17ClN2O2/c1-12-8-9-13(10-16(12)19(20)21)15(17)11-18(2)14-6-4-3-5-7-14/h3-10,15H,11H2,1-2H3. The molecule has 0 aliphatic heterocycles. The van der Waals surface area contributed by atoms with Gasteiger partial charge in [0, 0.05) is 30.9 Å². The molecule has 4 nitrogen and oxygen atoms in total. The SMILES string of the molecule is Cc1ccc(C(Cl)CN(C)c2ccccc2)cc1[N+](=O)[O-]. The topological polar surface area (TPSA) is 46.4 Å². The van der Waals surface area contributed by atoms with Gasteiger partial charge in [0.1, 0.15) is 0 Å². The Morgan fingerprint density at radius 3 is 2.52 bits per heavy atom. The number of nitro benzene ring substituents is 1. The van der Waals surface area contributed by atoms with Crippen LogP contribution in [0.25, 0.3) is 0 Å². The monoisotopic (exact) mass is 304 g/mol. The van der Waals surface area contributed by atoms with Crippen LogP contribution in [0.4, 0.5) is 11.4 Å². The van der Waals surface area contributed by atoms with E-state index in [9.17, 15) is 10.1 Å². The van der Waals surface area contributed by atoms with Gasteiger partial charge in [-0.1, -0.05) is 30.3 Å². The highest BCUT2D eigenvalue weighted by Gasteiger charge is 2.17. The number of halogens is 1. The molecule has 2 aromatic carbocycles. The van der Waals surface area contributed by atoms with E-state index in [1.54, 1.807) is 19.1 Å². The van der Waals surface area contributed by atoms with Crippen LogP contribution in [0.3, 0.4) is 0 Å². The first kappa shape index (κ1) is 15.3. The van der Waals surface area contributed by atoms with Gasteiger partial charge >= 0.3 is 0 Å². The second-order valence-corrected chi connectivity index (χ2v) is 5.51. The van der Waals surface area contributed by atoms with E-state index in [0.29, 0.717) is 12.1 Å². The minimum Gasteiger partial charge on any atom is -0.373 e. The van der Waals surface area contributed by atoms with Crippen LogP contribution in [0.1, 0.15) is 16.5 Å². The van der Waals surface area contributed by atoms with Gasteiger partial charge in [-0.15, -0.1) is 11.6 Å². The number of hydrogen-bond acceptors (Lipinski definition) is 3. The Morgan fingerprint density at radius 1 is 1.24 bits per heavy atom. The van der Waals surface area contributed by atoms with Crippen molar-refractivity contribution in [2.75, 3.05) is 18.5 Å². The molecule has 0 saturated carbocycles. The fourth-order valence-electron chi connectivity index (χ4n) is 2.15. The van der Waals surface area contributed by atoms with E-state index in [2.05, 4.69) is 0 Å². The number of benzene rings is 2. The second-order valence-electron chi connectivity index (χ2n) is 4.99. The van der Waals surface area contributed by atoms with Crippen molar-refractivity contribution in [3.05, 3.63) is 69.8 Å². The fourth-order valence-corrected chi connectivity index (χ4v) is 2.49. The highest BCUT2D eigenvalue weighted by atomic mass is 35.5. The lowest BCUT2D eigenvalue weighted by Gasteiger charge is -2.22. The molecule has 0 amide bonds. The van der Waals surface area contributed by atoms with E-state index in [1.807, 2.05) is 48.3 Å². The molecule has 2 rings (SSSR count). The Morgan fingerprint density at radius 2 is 1.90 bits per heavy atom. The van der Waals surface area contributed by atoms with Gasteiger partial charge in [-0.25, -0.2) is 0 Å². The summed E-state index contributed by atoms with van der Waals surface area (Å²) in [5.41, 5.74) is 2.58. The summed E-state index contributed by atoms with van der Waals surface area (Å²) in [6, 6.07) is 15.0. The minimum atomic E-state index is -0.372. The maximum atomic E-state index is 11.0. The molecule has 1 atom stereocenters. The van der Waals surface area contributed by atoms with Gasteiger partial charge in [-0.05, 0) is 24.6 Å². The Balaban J connectivity index is 2.15. The number of nitrogens with zero attached hydrogens (tertiary/aromatic N) is 2. The summed E-state index contributed by atoms with van der Waals surface area (Å²) in [5, 5.41) is 10.7. The summed E-state index contributed by atoms with van der Waals surface area (Å²) in [6.45, 7) is 2.30. The zero-order valence-corrected chi connectivity index (χ0v) is 12.7. The van der Waals surface area contributed by atoms with Crippen molar-refractivity contribution in [3.63, 3.8) is 0 Å². The van der Waals surface area contributed by atoms with Crippen LogP contribution >= 0.6 is 11.6 Å². The van der Waals surface area contributed by atoms with Gasteiger partial charge in [0.2, 0.25) is 0 Å². The van der Waals surface area contributed by atoms with Gasteiger partial charge in [-0.3, -0.25) is 10.1 Å². The normalized spacial score (nSPS) is 12.0. The molecule has 0 saturated heterocycles. The molecule has 1 unspecified atom stereocenters.